The molecule has 1 aliphatic heterocycles. The molecule has 1 saturated carbocycles. The first-order valence-electron chi connectivity index (χ1n) is 7.80. The molecule has 0 amide bonds. The number of nitrogens with zero attached hydrogens (tertiary/aromatic N) is 1. The molecule has 0 aromatic heterocycles. The zero-order valence-corrected chi connectivity index (χ0v) is 12.3. The van der Waals surface area contributed by atoms with Gasteiger partial charge in [-0.3, -0.25) is 4.90 Å². The maximum Gasteiger partial charge on any atom is 0.0678 e. The van der Waals surface area contributed by atoms with Crippen molar-refractivity contribution in [3.63, 3.8) is 0 Å². The van der Waals surface area contributed by atoms with Gasteiger partial charge in [-0.25, -0.2) is 0 Å². The van der Waals surface area contributed by atoms with Crippen LogP contribution in [0.15, 0.2) is 0 Å². The minimum absolute atomic E-state index is 0.389. The molecule has 0 radical (unpaired) electrons. The van der Waals surface area contributed by atoms with Crippen molar-refractivity contribution in [1.29, 1.82) is 0 Å². The lowest BCUT2D eigenvalue weighted by molar-refractivity contribution is -0.0711. The van der Waals surface area contributed by atoms with E-state index in [-0.39, 0.29) is 0 Å². The Bertz CT molecular complexity index is 231. The molecule has 3 nitrogen and oxygen atoms in total. The van der Waals surface area contributed by atoms with Crippen LogP contribution in [0.4, 0.5) is 0 Å². The van der Waals surface area contributed by atoms with Gasteiger partial charge in [-0.2, -0.15) is 0 Å². The number of rotatable bonds is 5. The van der Waals surface area contributed by atoms with Crippen molar-refractivity contribution in [2.45, 2.75) is 64.7 Å². The fraction of sp³-hybridized carbons (Fsp3) is 1.00. The molecule has 1 heterocycles. The van der Waals surface area contributed by atoms with E-state index in [0.717, 1.165) is 25.6 Å². The summed E-state index contributed by atoms with van der Waals surface area (Å²) >= 11 is 0. The molecule has 1 unspecified atom stereocenters. The van der Waals surface area contributed by atoms with Gasteiger partial charge in [-0.1, -0.05) is 19.8 Å². The average Bonchev–Trinajstić information content (AvgIpc) is 2.80. The average molecular weight is 254 g/mol. The quantitative estimate of drug-likeness (QED) is 0.814. The van der Waals surface area contributed by atoms with E-state index in [9.17, 15) is 0 Å². The molecule has 2 aliphatic rings. The molecule has 106 valence electrons. The highest BCUT2D eigenvalue weighted by molar-refractivity contribution is 4.85. The van der Waals surface area contributed by atoms with Crippen LogP contribution in [0.1, 0.15) is 46.5 Å². The molecule has 1 saturated heterocycles. The summed E-state index contributed by atoms with van der Waals surface area (Å²) < 4.78 is 5.82. The minimum Gasteiger partial charge on any atom is -0.373 e. The summed E-state index contributed by atoms with van der Waals surface area (Å²) in [5.74, 6) is 0.901. The van der Waals surface area contributed by atoms with Crippen LogP contribution in [0.3, 0.4) is 0 Å². The normalized spacial score (nSPS) is 32.8. The van der Waals surface area contributed by atoms with Gasteiger partial charge in [-0.15, -0.1) is 0 Å². The highest BCUT2D eigenvalue weighted by Gasteiger charge is 2.29. The highest BCUT2D eigenvalue weighted by atomic mass is 16.5. The summed E-state index contributed by atoms with van der Waals surface area (Å²) in [6.45, 7) is 11.1. The Kier molecular flexibility index (Phi) is 5.46. The van der Waals surface area contributed by atoms with E-state index < -0.39 is 0 Å². The van der Waals surface area contributed by atoms with Crippen molar-refractivity contribution < 1.29 is 4.74 Å². The Labute approximate surface area is 112 Å². The van der Waals surface area contributed by atoms with E-state index in [0.29, 0.717) is 18.2 Å². The van der Waals surface area contributed by atoms with Gasteiger partial charge in [0.25, 0.3) is 0 Å². The van der Waals surface area contributed by atoms with Crippen LogP contribution in [-0.2, 0) is 4.74 Å². The monoisotopic (exact) mass is 254 g/mol. The molecule has 3 heteroatoms. The van der Waals surface area contributed by atoms with E-state index in [1.54, 1.807) is 0 Å². The summed E-state index contributed by atoms with van der Waals surface area (Å²) in [4.78, 5) is 2.60. The third kappa shape index (κ3) is 3.94. The molecule has 1 N–H and O–H groups in total. The summed E-state index contributed by atoms with van der Waals surface area (Å²) in [5, 5.41) is 3.72. The predicted octanol–water partition coefficient (Wildman–Crippen LogP) is 2.26. The Balaban J connectivity index is 1.86. The highest BCUT2D eigenvalue weighted by Crippen LogP contribution is 2.28. The van der Waals surface area contributed by atoms with Crippen molar-refractivity contribution in [1.82, 2.24) is 10.2 Å². The smallest absolute Gasteiger partial charge is 0.0678 e. The largest absolute Gasteiger partial charge is 0.373 e. The molecule has 2 rings (SSSR count). The lowest BCUT2D eigenvalue weighted by Crippen LogP contribution is -2.52. The number of nitrogens with one attached hydrogen (secondary N) is 1. The number of ether oxygens (including phenoxy) is 1. The Morgan fingerprint density at radius 1 is 1.17 bits per heavy atom. The molecule has 0 spiro atoms. The second kappa shape index (κ2) is 6.88. The van der Waals surface area contributed by atoms with E-state index in [1.807, 2.05) is 0 Å². The first-order valence-corrected chi connectivity index (χ1v) is 7.80. The van der Waals surface area contributed by atoms with Crippen LogP contribution in [0.5, 0.6) is 0 Å². The standard InChI is InChI=1S/C15H30N2O/c1-4-16-15(14-7-5-6-8-14)11-17-9-12(2)18-13(3)10-17/h12-16H,4-11H2,1-3H3/t12-,13+,15?. The van der Waals surface area contributed by atoms with Gasteiger partial charge in [0, 0.05) is 25.7 Å². The van der Waals surface area contributed by atoms with Crippen molar-refractivity contribution in [3.8, 4) is 0 Å². The molecular weight excluding hydrogens is 224 g/mol. The molecule has 18 heavy (non-hydrogen) atoms. The fourth-order valence-corrected chi connectivity index (χ4v) is 3.71. The van der Waals surface area contributed by atoms with E-state index in [2.05, 4.69) is 31.0 Å². The minimum atomic E-state index is 0.389. The lowest BCUT2D eigenvalue weighted by atomic mass is 9.97. The molecule has 0 bridgehead atoms. The molecule has 0 aromatic carbocycles. The summed E-state index contributed by atoms with van der Waals surface area (Å²) in [5.41, 5.74) is 0. The topological polar surface area (TPSA) is 24.5 Å². The van der Waals surface area contributed by atoms with Gasteiger partial charge < -0.3 is 10.1 Å². The number of hydrogen-bond donors (Lipinski definition) is 1. The lowest BCUT2D eigenvalue weighted by Gasteiger charge is -2.38. The molecule has 1 aliphatic carbocycles. The van der Waals surface area contributed by atoms with Crippen LogP contribution < -0.4 is 5.32 Å². The van der Waals surface area contributed by atoms with Crippen molar-refractivity contribution in [2.75, 3.05) is 26.2 Å². The van der Waals surface area contributed by atoms with Gasteiger partial charge in [0.1, 0.15) is 0 Å². The second-order valence-electron chi connectivity index (χ2n) is 6.18. The zero-order chi connectivity index (χ0) is 13.0. The SMILES string of the molecule is CCNC(CN1C[C@@H](C)O[C@@H](C)C1)C1CCCC1. The van der Waals surface area contributed by atoms with Gasteiger partial charge in [-0.05, 0) is 39.2 Å². The van der Waals surface area contributed by atoms with Crippen LogP contribution in [0, 0.1) is 5.92 Å². The predicted molar refractivity (Wildman–Crippen MR) is 75.9 cm³/mol. The maximum atomic E-state index is 5.82. The van der Waals surface area contributed by atoms with Gasteiger partial charge in [0.15, 0.2) is 0 Å². The van der Waals surface area contributed by atoms with E-state index >= 15 is 0 Å². The number of hydrogen-bond acceptors (Lipinski definition) is 3. The van der Waals surface area contributed by atoms with E-state index in [4.69, 9.17) is 4.74 Å². The molecule has 0 aromatic rings. The first kappa shape index (κ1) is 14.3. The third-order valence-corrected chi connectivity index (χ3v) is 4.39. The second-order valence-corrected chi connectivity index (χ2v) is 6.18. The Morgan fingerprint density at radius 2 is 1.78 bits per heavy atom. The molecule has 2 fully saturated rings. The van der Waals surface area contributed by atoms with Crippen LogP contribution in [0.2, 0.25) is 0 Å². The number of likely N-dealkylation sites (N-methyl/N-ethyl adjacent to an activating group) is 1. The van der Waals surface area contributed by atoms with Gasteiger partial charge in [0.05, 0.1) is 12.2 Å². The Hall–Kier alpha value is -0.120. The molecular formula is C15H30N2O. The third-order valence-electron chi connectivity index (χ3n) is 4.39. The van der Waals surface area contributed by atoms with E-state index in [1.165, 1.54) is 32.2 Å². The summed E-state index contributed by atoms with van der Waals surface area (Å²) in [7, 11) is 0. The van der Waals surface area contributed by atoms with Crippen molar-refractivity contribution >= 4 is 0 Å². The van der Waals surface area contributed by atoms with Gasteiger partial charge >= 0.3 is 0 Å². The van der Waals surface area contributed by atoms with Crippen molar-refractivity contribution in [2.24, 2.45) is 5.92 Å². The Morgan fingerprint density at radius 3 is 2.33 bits per heavy atom. The maximum absolute atomic E-state index is 5.82. The van der Waals surface area contributed by atoms with Crippen LogP contribution >= 0.6 is 0 Å². The first-order chi connectivity index (χ1) is 8.69. The molecule has 3 atom stereocenters. The summed E-state index contributed by atoms with van der Waals surface area (Å²) in [6, 6.07) is 0.690. The number of morpholine rings is 1. The fourth-order valence-electron chi connectivity index (χ4n) is 3.71. The zero-order valence-electron chi connectivity index (χ0n) is 12.3. The van der Waals surface area contributed by atoms with Gasteiger partial charge in [0.2, 0.25) is 0 Å². The van der Waals surface area contributed by atoms with Crippen LogP contribution in [0.25, 0.3) is 0 Å². The summed E-state index contributed by atoms with van der Waals surface area (Å²) in [6.07, 6.45) is 6.49. The van der Waals surface area contributed by atoms with Crippen molar-refractivity contribution in [3.05, 3.63) is 0 Å². The van der Waals surface area contributed by atoms with Crippen LogP contribution in [-0.4, -0.2) is 49.3 Å².